The molecule has 1 aliphatic heterocycles. The van der Waals surface area contributed by atoms with Crippen molar-refractivity contribution in [1.82, 2.24) is 15.6 Å². The van der Waals surface area contributed by atoms with Crippen molar-refractivity contribution >= 4 is 15.7 Å². The minimum absolute atomic E-state index is 0.0387. The monoisotopic (exact) mass is 429 g/mol. The predicted octanol–water partition coefficient (Wildman–Crippen LogP) is 1.27. The Bertz CT molecular complexity index is 994. The van der Waals surface area contributed by atoms with Gasteiger partial charge < -0.3 is 15.7 Å². The highest BCUT2D eigenvalue weighted by Gasteiger charge is 2.32. The lowest BCUT2D eigenvalue weighted by atomic mass is 10.2. The molecule has 2 aromatic rings. The van der Waals surface area contributed by atoms with E-state index in [1.807, 2.05) is 0 Å². The summed E-state index contributed by atoms with van der Waals surface area (Å²) in [6.45, 7) is 0.370. The first kappa shape index (κ1) is 21.2. The normalized spacial score (nSPS) is 19.9. The largest absolute Gasteiger partial charge is 0.416 e. The summed E-state index contributed by atoms with van der Waals surface area (Å²) < 4.78 is 63.7. The summed E-state index contributed by atoms with van der Waals surface area (Å²) in [4.78, 5) is 15.2. The van der Waals surface area contributed by atoms with E-state index in [4.69, 9.17) is 0 Å². The number of alkyl halides is 3. The third kappa shape index (κ3) is 4.92. The van der Waals surface area contributed by atoms with Crippen molar-refractivity contribution < 1.29 is 31.5 Å². The maximum atomic E-state index is 12.8. The van der Waals surface area contributed by atoms with Gasteiger partial charge in [0.2, 0.25) is 15.7 Å². The topological polar surface area (TPSA) is 108 Å². The van der Waals surface area contributed by atoms with E-state index < -0.39 is 38.6 Å². The van der Waals surface area contributed by atoms with E-state index in [1.165, 1.54) is 12.1 Å². The molecule has 11 heteroatoms. The molecule has 0 aliphatic carbocycles. The van der Waals surface area contributed by atoms with Crippen LogP contribution in [0.3, 0.4) is 0 Å². The van der Waals surface area contributed by atoms with Gasteiger partial charge in [-0.1, -0.05) is 6.07 Å². The number of carbonyl (C=O) groups excluding carboxylic acids is 1. The summed E-state index contributed by atoms with van der Waals surface area (Å²) in [5.74, 6) is -0.316. The van der Waals surface area contributed by atoms with Crippen molar-refractivity contribution in [2.75, 3.05) is 6.54 Å². The van der Waals surface area contributed by atoms with Crippen LogP contribution in [-0.4, -0.2) is 43.1 Å². The number of aliphatic hydroxyl groups is 1. The highest BCUT2D eigenvalue weighted by atomic mass is 32.2. The van der Waals surface area contributed by atoms with Gasteiger partial charge in [-0.3, -0.25) is 9.78 Å². The molecule has 1 fully saturated rings. The SMILES string of the molecule is O=C(NCc1ccc(S(=O)(=O)c2cccc(C(F)(F)F)c2)cn1)[C@H]1C[C@@H](O)CN1. The van der Waals surface area contributed by atoms with Gasteiger partial charge in [-0.2, -0.15) is 13.2 Å². The number of nitrogens with zero attached hydrogens (tertiary/aromatic N) is 1. The Hall–Kier alpha value is -2.50. The highest BCUT2D eigenvalue weighted by molar-refractivity contribution is 7.91. The number of rotatable bonds is 5. The maximum absolute atomic E-state index is 12.8. The average Bonchev–Trinajstić information content (AvgIpc) is 3.12. The molecule has 3 N–H and O–H groups in total. The van der Waals surface area contributed by atoms with E-state index in [0.29, 0.717) is 24.7 Å². The molecule has 0 unspecified atom stereocenters. The Balaban J connectivity index is 1.70. The van der Waals surface area contributed by atoms with Crippen molar-refractivity contribution in [2.45, 2.75) is 41.1 Å². The quantitative estimate of drug-likeness (QED) is 0.661. The number of carbonyl (C=O) groups is 1. The molecular formula is C18H18F3N3O4S. The van der Waals surface area contributed by atoms with Crippen LogP contribution in [-0.2, 0) is 27.4 Å². The van der Waals surface area contributed by atoms with Crippen LogP contribution >= 0.6 is 0 Å². The number of nitrogens with one attached hydrogen (secondary N) is 2. The lowest BCUT2D eigenvalue weighted by Crippen LogP contribution is -2.40. The zero-order chi connectivity index (χ0) is 21.2. The molecule has 0 saturated carbocycles. The number of sulfone groups is 1. The molecule has 1 aliphatic rings. The van der Waals surface area contributed by atoms with E-state index in [1.54, 1.807) is 0 Å². The lowest BCUT2D eigenvalue weighted by molar-refractivity contribution is -0.137. The minimum Gasteiger partial charge on any atom is -0.392 e. The number of amides is 1. The molecule has 0 radical (unpaired) electrons. The molecule has 29 heavy (non-hydrogen) atoms. The van der Waals surface area contributed by atoms with E-state index in [2.05, 4.69) is 15.6 Å². The number of hydrogen-bond acceptors (Lipinski definition) is 6. The molecule has 1 saturated heterocycles. The average molecular weight is 429 g/mol. The Kier molecular flexibility index (Phi) is 5.92. The molecular weight excluding hydrogens is 411 g/mol. The van der Waals surface area contributed by atoms with Crippen LogP contribution in [0.25, 0.3) is 0 Å². The Labute approximate surface area is 164 Å². The molecule has 3 rings (SSSR count). The summed E-state index contributed by atoms with van der Waals surface area (Å²) in [6.07, 6.45) is -3.90. The van der Waals surface area contributed by atoms with Crippen LogP contribution < -0.4 is 10.6 Å². The first-order chi connectivity index (χ1) is 13.6. The van der Waals surface area contributed by atoms with Gasteiger partial charge in [-0.15, -0.1) is 0 Å². The van der Waals surface area contributed by atoms with Crippen LogP contribution in [0.4, 0.5) is 13.2 Å². The molecule has 1 amide bonds. The van der Waals surface area contributed by atoms with Gasteiger partial charge in [0.05, 0.1) is 39.7 Å². The van der Waals surface area contributed by atoms with Crippen LogP contribution in [0.15, 0.2) is 52.4 Å². The molecule has 1 aromatic carbocycles. The van der Waals surface area contributed by atoms with Crippen molar-refractivity contribution in [3.63, 3.8) is 0 Å². The second-order valence-electron chi connectivity index (χ2n) is 6.58. The van der Waals surface area contributed by atoms with Crippen LogP contribution in [0.2, 0.25) is 0 Å². The summed E-state index contributed by atoms with van der Waals surface area (Å²) in [5.41, 5.74) is -0.684. The van der Waals surface area contributed by atoms with E-state index in [9.17, 15) is 31.5 Å². The highest BCUT2D eigenvalue weighted by Crippen LogP contribution is 2.31. The lowest BCUT2D eigenvalue weighted by Gasteiger charge is -2.11. The number of aliphatic hydroxyl groups excluding tert-OH is 1. The van der Waals surface area contributed by atoms with E-state index >= 15 is 0 Å². The van der Waals surface area contributed by atoms with Crippen LogP contribution in [0.5, 0.6) is 0 Å². The number of hydrogen-bond donors (Lipinski definition) is 3. The number of β-amino-alcohol motifs (C(OH)–C–C–N with tert-alkyl or cyclic N) is 1. The van der Waals surface area contributed by atoms with Crippen molar-refractivity contribution in [1.29, 1.82) is 0 Å². The molecule has 7 nitrogen and oxygen atoms in total. The number of aromatic nitrogens is 1. The Morgan fingerprint density at radius 1 is 1.24 bits per heavy atom. The zero-order valence-corrected chi connectivity index (χ0v) is 15.8. The molecule has 0 bridgehead atoms. The summed E-state index contributed by atoms with van der Waals surface area (Å²) in [5, 5.41) is 14.9. The standard InChI is InChI=1S/C18H18F3N3O4S/c19-18(20,21)11-2-1-3-14(6-11)29(27,28)15-5-4-12(22-10-15)8-24-17(26)16-7-13(25)9-23-16/h1-6,10,13,16,23,25H,7-9H2,(H,24,26)/t13-,16-/m1/s1. The first-order valence-corrected chi connectivity index (χ1v) is 10.1. The number of pyridine rings is 1. The second-order valence-corrected chi connectivity index (χ2v) is 8.53. The minimum atomic E-state index is -4.66. The fourth-order valence-electron chi connectivity index (χ4n) is 2.87. The van der Waals surface area contributed by atoms with Gasteiger partial charge in [-0.05, 0) is 36.8 Å². The van der Waals surface area contributed by atoms with Gasteiger partial charge in [0.25, 0.3) is 0 Å². The summed E-state index contributed by atoms with van der Waals surface area (Å²) >= 11 is 0. The zero-order valence-electron chi connectivity index (χ0n) is 15.0. The van der Waals surface area contributed by atoms with E-state index in [0.717, 1.165) is 24.4 Å². The van der Waals surface area contributed by atoms with Gasteiger partial charge in [0.15, 0.2) is 0 Å². The third-order valence-corrected chi connectivity index (χ3v) is 6.18. The molecule has 156 valence electrons. The Morgan fingerprint density at radius 2 is 2.00 bits per heavy atom. The van der Waals surface area contributed by atoms with Crippen molar-refractivity contribution in [2.24, 2.45) is 0 Å². The molecule has 0 spiro atoms. The molecule has 2 atom stereocenters. The maximum Gasteiger partial charge on any atom is 0.416 e. The second kappa shape index (κ2) is 8.09. The van der Waals surface area contributed by atoms with E-state index in [-0.39, 0.29) is 17.3 Å². The smallest absolute Gasteiger partial charge is 0.392 e. The third-order valence-electron chi connectivity index (χ3n) is 4.45. The van der Waals surface area contributed by atoms with Crippen molar-refractivity contribution in [3.05, 3.63) is 53.9 Å². The van der Waals surface area contributed by atoms with Crippen LogP contribution in [0, 0.1) is 0 Å². The number of halogens is 3. The van der Waals surface area contributed by atoms with Crippen molar-refractivity contribution in [3.8, 4) is 0 Å². The van der Waals surface area contributed by atoms with Gasteiger partial charge in [0.1, 0.15) is 0 Å². The summed E-state index contributed by atoms with van der Waals surface area (Å²) in [6, 6.07) is 5.57. The van der Waals surface area contributed by atoms with Crippen LogP contribution in [0.1, 0.15) is 17.7 Å². The van der Waals surface area contributed by atoms with Gasteiger partial charge in [0, 0.05) is 12.7 Å². The van der Waals surface area contributed by atoms with Gasteiger partial charge in [-0.25, -0.2) is 8.42 Å². The predicted molar refractivity (Wildman–Crippen MR) is 95.4 cm³/mol. The van der Waals surface area contributed by atoms with Gasteiger partial charge >= 0.3 is 6.18 Å². The Morgan fingerprint density at radius 3 is 2.59 bits per heavy atom. The summed E-state index contributed by atoms with van der Waals surface area (Å²) in [7, 11) is -4.18. The molecule has 1 aromatic heterocycles. The molecule has 2 heterocycles. The fraction of sp³-hybridized carbons (Fsp3) is 0.333. The number of benzene rings is 1. The first-order valence-electron chi connectivity index (χ1n) is 8.64. The fourth-order valence-corrected chi connectivity index (χ4v) is 4.12.